The van der Waals surface area contributed by atoms with Crippen molar-refractivity contribution in [2.24, 2.45) is 5.73 Å². The largest absolute Gasteiger partial charge is 0.390 e. The molecule has 0 amide bonds. The molecule has 29 heavy (non-hydrogen) atoms. The minimum absolute atomic E-state index is 0.0132. The number of hydrogen-bond donors (Lipinski definition) is 2. The molecule has 0 saturated carbocycles. The van der Waals surface area contributed by atoms with Gasteiger partial charge >= 0.3 is 6.18 Å². The smallest absolute Gasteiger partial charge is 0.346 e. The van der Waals surface area contributed by atoms with E-state index in [1.54, 1.807) is 29.5 Å². The van der Waals surface area contributed by atoms with Gasteiger partial charge < -0.3 is 10.7 Å². The lowest BCUT2D eigenvalue weighted by atomic mass is 9.93. The van der Waals surface area contributed by atoms with Crippen molar-refractivity contribution in [3.63, 3.8) is 0 Å². The van der Waals surface area contributed by atoms with Gasteiger partial charge in [0.25, 0.3) is 0 Å². The maximum atomic E-state index is 12.4. The van der Waals surface area contributed by atoms with E-state index < -0.39 is 33.9 Å². The van der Waals surface area contributed by atoms with Gasteiger partial charge in [0.05, 0.1) is 18.4 Å². The number of sulfonamides is 1. The number of hydrogen-bond acceptors (Lipinski definition) is 5. The summed E-state index contributed by atoms with van der Waals surface area (Å²) in [5.74, 6) is -0.968. The van der Waals surface area contributed by atoms with Crippen LogP contribution in [0, 0.1) is 0 Å². The molecule has 1 aliphatic rings. The average Bonchev–Trinajstić information content (AvgIpc) is 3.28. The molecular formula is C17H19F3N6O2S. The van der Waals surface area contributed by atoms with Crippen LogP contribution in [0.5, 0.6) is 0 Å². The summed E-state index contributed by atoms with van der Waals surface area (Å²) < 4.78 is 64.2. The van der Waals surface area contributed by atoms with Crippen LogP contribution in [0.15, 0.2) is 36.9 Å². The standard InChI is InChI=1S/C17H19F3N6O2S/c18-17(19,20)3-6-29(27,28)25-10-16(9-21,11-25)26-8-12(7-24-26)13-1-4-22-15-14(13)2-5-23-15/h1-2,4-5,7-8H,3,6,9-11,21H2,(H,22,23). The summed E-state index contributed by atoms with van der Waals surface area (Å²) in [5, 5.41) is 5.27. The molecule has 0 bridgehead atoms. The number of fused-ring (bicyclic) bond motifs is 1. The number of rotatable bonds is 6. The summed E-state index contributed by atoms with van der Waals surface area (Å²) in [6.07, 6.45) is 0.982. The topological polar surface area (TPSA) is 110 Å². The number of nitrogens with two attached hydrogens (primary N) is 1. The normalized spacial score (nSPS) is 17.5. The quantitative estimate of drug-likeness (QED) is 0.621. The van der Waals surface area contributed by atoms with Crippen LogP contribution in [0.25, 0.3) is 22.2 Å². The molecule has 0 unspecified atom stereocenters. The lowest BCUT2D eigenvalue weighted by molar-refractivity contribution is -0.130. The molecule has 4 rings (SSSR count). The second-order valence-electron chi connectivity index (χ2n) is 7.15. The average molecular weight is 428 g/mol. The molecule has 3 N–H and O–H groups in total. The first kappa shape index (κ1) is 19.9. The predicted octanol–water partition coefficient (Wildman–Crippen LogP) is 1.68. The van der Waals surface area contributed by atoms with Crippen molar-refractivity contribution in [2.45, 2.75) is 18.1 Å². The molecule has 0 aromatic carbocycles. The number of pyridine rings is 1. The highest BCUT2D eigenvalue weighted by molar-refractivity contribution is 7.89. The molecule has 12 heteroatoms. The Morgan fingerprint density at radius 2 is 2.03 bits per heavy atom. The summed E-state index contributed by atoms with van der Waals surface area (Å²) >= 11 is 0. The fourth-order valence-corrected chi connectivity index (χ4v) is 5.10. The van der Waals surface area contributed by atoms with E-state index in [-0.39, 0.29) is 19.6 Å². The van der Waals surface area contributed by atoms with Crippen LogP contribution in [0.1, 0.15) is 6.42 Å². The molecule has 8 nitrogen and oxygen atoms in total. The summed E-state index contributed by atoms with van der Waals surface area (Å²) in [6.45, 7) is 0.0801. The van der Waals surface area contributed by atoms with Crippen molar-refractivity contribution in [1.82, 2.24) is 24.1 Å². The van der Waals surface area contributed by atoms with Crippen LogP contribution in [-0.4, -0.2) is 64.0 Å². The molecule has 156 valence electrons. The first-order valence-corrected chi connectivity index (χ1v) is 10.5. The van der Waals surface area contributed by atoms with Crippen LogP contribution in [0.4, 0.5) is 13.2 Å². The molecule has 0 aliphatic carbocycles. The number of nitrogens with one attached hydrogen (secondary N) is 1. The van der Waals surface area contributed by atoms with Crippen molar-refractivity contribution in [1.29, 1.82) is 0 Å². The highest BCUT2D eigenvalue weighted by atomic mass is 32.2. The number of aromatic amines is 1. The Kier molecular flexibility index (Phi) is 4.67. The highest BCUT2D eigenvalue weighted by Crippen LogP contribution is 2.34. The molecule has 4 heterocycles. The van der Waals surface area contributed by atoms with Gasteiger partial charge in [0.15, 0.2) is 0 Å². The van der Waals surface area contributed by atoms with Crippen molar-refractivity contribution in [2.75, 3.05) is 25.4 Å². The van der Waals surface area contributed by atoms with Gasteiger partial charge in [-0.3, -0.25) is 4.68 Å². The minimum atomic E-state index is -4.52. The van der Waals surface area contributed by atoms with Gasteiger partial charge in [-0.25, -0.2) is 13.4 Å². The summed E-state index contributed by atoms with van der Waals surface area (Å²) in [7, 11) is -4.01. The molecular weight excluding hydrogens is 409 g/mol. The third kappa shape index (κ3) is 3.63. The number of H-pyrrole nitrogens is 1. The summed E-state index contributed by atoms with van der Waals surface area (Å²) in [5.41, 5.74) is 7.56. The Bertz CT molecular complexity index is 1130. The molecule has 1 aliphatic heterocycles. The monoisotopic (exact) mass is 428 g/mol. The SMILES string of the molecule is NCC1(n2cc(-c3ccnc4[nH]ccc34)cn2)CN(S(=O)(=O)CCC(F)(F)F)C1. The van der Waals surface area contributed by atoms with Crippen LogP contribution in [0.2, 0.25) is 0 Å². The number of aromatic nitrogens is 4. The van der Waals surface area contributed by atoms with E-state index in [1.165, 1.54) is 0 Å². The van der Waals surface area contributed by atoms with E-state index in [4.69, 9.17) is 5.73 Å². The Hall–Kier alpha value is -2.44. The highest BCUT2D eigenvalue weighted by Gasteiger charge is 2.49. The Morgan fingerprint density at radius 3 is 2.72 bits per heavy atom. The Labute approximate surface area is 164 Å². The molecule has 0 radical (unpaired) electrons. The van der Waals surface area contributed by atoms with E-state index in [1.807, 2.05) is 12.1 Å². The van der Waals surface area contributed by atoms with Crippen LogP contribution >= 0.6 is 0 Å². The summed E-state index contributed by atoms with van der Waals surface area (Å²) in [4.78, 5) is 7.28. The number of nitrogens with zero attached hydrogens (tertiary/aromatic N) is 4. The van der Waals surface area contributed by atoms with Gasteiger partial charge in [0, 0.05) is 49.2 Å². The minimum Gasteiger partial charge on any atom is -0.346 e. The van der Waals surface area contributed by atoms with Crippen molar-refractivity contribution in [3.8, 4) is 11.1 Å². The van der Waals surface area contributed by atoms with Crippen LogP contribution < -0.4 is 5.73 Å². The first-order chi connectivity index (χ1) is 13.6. The molecule has 0 atom stereocenters. The molecule has 0 spiro atoms. The van der Waals surface area contributed by atoms with E-state index in [0.29, 0.717) is 0 Å². The number of halogens is 3. The Balaban J connectivity index is 1.54. The van der Waals surface area contributed by atoms with E-state index in [2.05, 4.69) is 15.1 Å². The maximum absolute atomic E-state index is 12.4. The second kappa shape index (κ2) is 6.82. The molecule has 1 saturated heterocycles. The molecule has 3 aromatic heterocycles. The van der Waals surface area contributed by atoms with Gasteiger partial charge in [-0.2, -0.15) is 22.6 Å². The zero-order valence-corrected chi connectivity index (χ0v) is 16.0. The first-order valence-electron chi connectivity index (χ1n) is 8.86. The van der Waals surface area contributed by atoms with Gasteiger partial charge in [0.2, 0.25) is 10.0 Å². The molecule has 1 fully saturated rings. The fourth-order valence-electron chi connectivity index (χ4n) is 3.48. The summed E-state index contributed by atoms with van der Waals surface area (Å²) in [6, 6.07) is 3.74. The fraction of sp³-hybridized carbons (Fsp3) is 0.412. The Morgan fingerprint density at radius 1 is 1.28 bits per heavy atom. The zero-order chi connectivity index (χ0) is 20.9. The van der Waals surface area contributed by atoms with E-state index in [0.717, 1.165) is 26.5 Å². The molecule has 3 aromatic rings. The van der Waals surface area contributed by atoms with E-state index in [9.17, 15) is 21.6 Å². The lowest BCUT2D eigenvalue weighted by Gasteiger charge is -2.48. The second-order valence-corrected chi connectivity index (χ2v) is 9.24. The van der Waals surface area contributed by atoms with Crippen LogP contribution in [-0.2, 0) is 15.6 Å². The maximum Gasteiger partial charge on any atom is 0.390 e. The van der Waals surface area contributed by atoms with E-state index >= 15 is 0 Å². The van der Waals surface area contributed by atoms with Crippen molar-refractivity contribution < 1.29 is 21.6 Å². The number of alkyl halides is 3. The van der Waals surface area contributed by atoms with Gasteiger partial charge in [-0.1, -0.05) is 0 Å². The third-order valence-electron chi connectivity index (χ3n) is 5.20. The van der Waals surface area contributed by atoms with Crippen molar-refractivity contribution in [3.05, 3.63) is 36.9 Å². The zero-order valence-electron chi connectivity index (χ0n) is 15.2. The lowest BCUT2D eigenvalue weighted by Crippen LogP contribution is -2.67. The van der Waals surface area contributed by atoms with Crippen molar-refractivity contribution >= 4 is 21.1 Å². The third-order valence-corrected chi connectivity index (χ3v) is 6.96. The van der Waals surface area contributed by atoms with Gasteiger partial charge in [0.1, 0.15) is 11.2 Å². The van der Waals surface area contributed by atoms with Crippen LogP contribution in [0.3, 0.4) is 0 Å². The predicted molar refractivity (Wildman–Crippen MR) is 100 cm³/mol. The van der Waals surface area contributed by atoms with Gasteiger partial charge in [-0.15, -0.1) is 0 Å². The van der Waals surface area contributed by atoms with Gasteiger partial charge in [-0.05, 0) is 17.7 Å².